The lowest BCUT2D eigenvalue weighted by Gasteiger charge is -2.53. The van der Waals surface area contributed by atoms with Crippen LogP contribution < -0.4 is 11.1 Å². The number of hydrogen-bond acceptors (Lipinski definition) is 15. The summed E-state index contributed by atoms with van der Waals surface area (Å²) in [5.41, 5.74) is 3.21. The zero-order valence-corrected chi connectivity index (χ0v) is 46.6. The van der Waals surface area contributed by atoms with E-state index >= 15 is 0 Å². The van der Waals surface area contributed by atoms with E-state index in [1.165, 1.54) is 0 Å². The number of aromatic nitrogens is 2. The number of carboxylic acid groups (broad SMARTS) is 1. The van der Waals surface area contributed by atoms with E-state index in [9.17, 15) is 39.6 Å². The van der Waals surface area contributed by atoms with Crippen LogP contribution in [-0.2, 0) is 47.5 Å². The minimum absolute atomic E-state index is 0.0366. The lowest BCUT2D eigenvalue weighted by Crippen LogP contribution is -2.60. The predicted molar refractivity (Wildman–Crippen MR) is 288 cm³/mol. The molecule has 1 aromatic carbocycles. The van der Waals surface area contributed by atoms with Crippen LogP contribution in [0.1, 0.15) is 137 Å². The first-order valence-electron chi connectivity index (χ1n) is 28.8. The fourth-order valence-corrected chi connectivity index (χ4v) is 15.6. The number of ether oxygens (including phenoxy) is 7. The Hall–Kier alpha value is -4.96. The third kappa shape index (κ3) is 9.79. The summed E-state index contributed by atoms with van der Waals surface area (Å²) in [6.45, 7) is 14.7. The number of hydrogen-bond donors (Lipinski definition) is 8. The van der Waals surface area contributed by atoms with Crippen LogP contribution in [0.15, 0.2) is 65.5 Å². The van der Waals surface area contributed by atoms with Crippen molar-refractivity contribution < 1.29 is 72.8 Å². The summed E-state index contributed by atoms with van der Waals surface area (Å²) in [5.74, 6) is -5.41. The summed E-state index contributed by atoms with van der Waals surface area (Å²) in [5, 5.41) is 52.0. The van der Waals surface area contributed by atoms with Crippen LogP contribution in [0.2, 0.25) is 0 Å². The van der Waals surface area contributed by atoms with Gasteiger partial charge in [0.2, 0.25) is 0 Å². The van der Waals surface area contributed by atoms with E-state index in [2.05, 4.69) is 21.4 Å². The number of aliphatic hydroxyl groups is 3. The third-order valence-corrected chi connectivity index (χ3v) is 19.9. The number of carbonyl (C=O) groups is 4. The van der Waals surface area contributed by atoms with Gasteiger partial charge in [-0.2, -0.15) is 0 Å². The maximum Gasteiger partial charge on any atom is 0.355 e. The van der Waals surface area contributed by atoms with E-state index in [0.29, 0.717) is 44.2 Å². The molecule has 0 radical (unpaired) electrons. The SMILES string of the molecule is CCC1CC2(C)C=C(C(=O)O)C(C)C3(C2)NC(=O)C(=C(O)C2(C)C(C=CC4C(OC5CCC(OC6CC(C)(O)C(OC7CC(OC(=O)c8cc9c([nH]8)[nH]c8ccccc89)C(N)C(C)O7)C(C)O6)C(C)O5)CCCC42)CC1O)C3=O. The number of benzene rings is 1. The van der Waals surface area contributed by atoms with Gasteiger partial charge in [0.1, 0.15) is 40.4 Å². The number of carboxylic acids is 1. The number of ketones is 1. The zero-order chi connectivity index (χ0) is 56.2. The Bertz CT molecular complexity index is 2960. The first-order valence-corrected chi connectivity index (χ1v) is 28.8. The summed E-state index contributed by atoms with van der Waals surface area (Å²) < 4.78 is 45.0. The number of para-hydroxylation sites is 1. The molecule has 19 nitrogen and oxygen atoms in total. The van der Waals surface area contributed by atoms with Gasteiger partial charge in [-0.15, -0.1) is 0 Å². The lowest BCUT2D eigenvalue weighted by atomic mass is 9.52. The largest absolute Gasteiger partial charge is 0.511 e. The maximum absolute atomic E-state index is 15.0. The Labute approximate surface area is 460 Å². The molecule has 3 bridgehead atoms. The van der Waals surface area contributed by atoms with E-state index in [1.54, 1.807) is 32.9 Å². The summed E-state index contributed by atoms with van der Waals surface area (Å²) in [6, 6.07) is 8.98. The number of nitrogens with one attached hydrogen (secondary N) is 3. The molecule has 430 valence electrons. The smallest absolute Gasteiger partial charge is 0.355 e. The highest BCUT2D eigenvalue weighted by Gasteiger charge is 2.63. The molecule has 4 saturated heterocycles. The number of rotatable bonds is 10. The molecule has 79 heavy (non-hydrogen) atoms. The van der Waals surface area contributed by atoms with Crippen LogP contribution in [0.5, 0.6) is 0 Å². The van der Waals surface area contributed by atoms with Crippen molar-refractivity contribution in [2.24, 2.45) is 46.2 Å². The van der Waals surface area contributed by atoms with Gasteiger partial charge in [-0.05, 0) is 102 Å². The van der Waals surface area contributed by atoms with Gasteiger partial charge < -0.3 is 74.6 Å². The van der Waals surface area contributed by atoms with E-state index in [1.807, 2.05) is 65.0 Å². The molecule has 4 aliphatic carbocycles. The Balaban J connectivity index is 0.730. The van der Waals surface area contributed by atoms with Gasteiger partial charge in [-0.25, -0.2) is 9.59 Å². The Morgan fingerprint density at radius 1 is 0.835 bits per heavy atom. The van der Waals surface area contributed by atoms with Crippen molar-refractivity contribution in [2.75, 3.05) is 0 Å². The highest BCUT2D eigenvalue weighted by atomic mass is 16.7. The van der Waals surface area contributed by atoms with Crippen molar-refractivity contribution in [3.8, 4) is 0 Å². The number of aromatic amines is 2. The zero-order valence-electron chi connectivity index (χ0n) is 46.6. The number of carbonyl (C=O) groups excluding carboxylic acids is 3. The van der Waals surface area contributed by atoms with Crippen LogP contribution in [-0.4, -0.2) is 139 Å². The molecule has 1 spiro atoms. The third-order valence-electron chi connectivity index (χ3n) is 19.9. The molecule has 11 rings (SSSR count). The minimum Gasteiger partial charge on any atom is -0.511 e. The monoisotopic (exact) mass is 1100 g/mol. The maximum atomic E-state index is 15.0. The topological polar surface area (TPSA) is 283 Å². The van der Waals surface area contributed by atoms with Crippen molar-refractivity contribution in [2.45, 2.75) is 211 Å². The van der Waals surface area contributed by atoms with Gasteiger partial charge in [0.25, 0.3) is 5.91 Å². The van der Waals surface area contributed by atoms with Crippen LogP contribution in [0.4, 0.5) is 0 Å². The predicted octanol–water partition coefficient (Wildman–Crippen LogP) is 7.30. The number of H-pyrrole nitrogens is 2. The Morgan fingerprint density at radius 2 is 1.57 bits per heavy atom. The number of aliphatic hydroxyl groups excluding tert-OH is 2. The first-order chi connectivity index (χ1) is 37.4. The van der Waals surface area contributed by atoms with Crippen molar-refractivity contribution in [1.82, 2.24) is 15.3 Å². The molecule has 6 heterocycles. The molecule has 9 N–H and O–H groups in total. The highest BCUT2D eigenvalue weighted by molar-refractivity contribution is 6.29. The number of allylic oxidation sites excluding steroid dienone is 3. The number of Topliss-reactive ketones (excluding diaryl/α,β-unsaturated/α-hetero) is 1. The van der Waals surface area contributed by atoms with E-state index in [4.69, 9.17) is 38.9 Å². The average molecular weight is 1100 g/mol. The second-order valence-corrected chi connectivity index (χ2v) is 25.3. The van der Waals surface area contributed by atoms with Crippen LogP contribution in [0, 0.1) is 40.4 Å². The van der Waals surface area contributed by atoms with Crippen LogP contribution in [0.3, 0.4) is 0 Å². The minimum atomic E-state index is -1.58. The molecule has 2 aromatic heterocycles. The van der Waals surface area contributed by atoms with Crippen LogP contribution >= 0.6 is 0 Å². The molecule has 4 aliphatic heterocycles. The Kier molecular flexibility index (Phi) is 14.7. The number of nitrogens with two attached hydrogens (primary N) is 1. The van der Waals surface area contributed by atoms with Crippen molar-refractivity contribution >= 4 is 45.6 Å². The van der Waals surface area contributed by atoms with Crippen molar-refractivity contribution in [3.05, 3.63) is 71.2 Å². The standard InChI is InChI=1S/C60H80N4O15/c1-9-32-24-57(6)25-37(55(69)70)28(2)60(27-57)51(67)48(54(68)64-60)50(66)59(8)33(21-41(32)65)17-18-35-38(59)14-12-16-43(35)77-45-20-19-42(29(3)73-45)76-47-26-58(7,72)52(31(5)75-47)79-46-23-44(49(61)30(4)74-46)78-56(71)40-22-36-34-13-10-11-15-39(34)62-53(36)63-40/h10-11,13,15,17-18,22,25,28-33,35,38,41-47,49,52,62-63,65-66,72H,9,12,14,16,19-21,23-24,26-27,61H2,1-8H3,(H,64,68)(H,69,70). The Morgan fingerprint density at radius 3 is 2.30 bits per heavy atom. The number of fused-ring (bicyclic) bond motifs is 8. The second kappa shape index (κ2) is 20.8. The molecule has 19 heteroatoms. The fraction of sp³-hybridized carbons (Fsp3) is 0.667. The molecule has 1 amide bonds. The summed E-state index contributed by atoms with van der Waals surface area (Å²) in [4.78, 5) is 61.9. The molecule has 8 aliphatic rings. The number of aliphatic carboxylic acids is 1. The van der Waals surface area contributed by atoms with Gasteiger partial charge in [-0.3, -0.25) is 9.59 Å². The lowest BCUT2D eigenvalue weighted by molar-refractivity contribution is -0.339. The first kappa shape index (κ1) is 55.9. The summed E-state index contributed by atoms with van der Waals surface area (Å²) >= 11 is 0. The van der Waals surface area contributed by atoms with Gasteiger partial charge in [0.15, 0.2) is 24.7 Å². The van der Waals surface area contributed by atoms with E-state index in [0.717, 1.165) is 22.7 Å². The molecular formula is C60H80N4O15. The normalized spacial score (nSPS) is 43.6. The molecule has 3 aromatic rings. The van der Waals surface area contributed by atoms with Gasteiger partial charge in [0.05, 0.1) is 48.3 Å². The van der Waals surface area contributed by atoms with Gasteiger partial charge >= 0.3 is 11.9 Å². The van der Waals surface area contributed by atoms with Crippen molar-refractivity contribution in [1.29, 1.82) is 0 Å². The molecular weight excluding hydrogens is 1020 g/mol. The summed E-state index contributed by atoms with van der Waals surface area (Å²) in [6.07, 6.45) is 3.77. The van der Waals surface area contributed by atoms with Gasteiger partial charge in [0, 0.05) is 58.4 Å². The molecule has 1 saturated carbocycles. The molecule has 5 fully saturated rings. The second-order valence-electron chi connectivity index (χ2n) is 25.3. The molecule has 21 atom stereocenters. The summed E-state index contributed by atoms with van der Waals surface area (Å²) in [7, 11) is 0. The highest BCUT2D eigenvalue weighted by Crippen LogP contribution is 2.59. The average Bonchev–Trinajstić information content (AvgIpc) is 3.90. The number of esters is 1. The molecule has 21 unspecified atom stereocenters. The fourth-order valence-electron chi connectivity index (χ4n) is 15.6. The van der Waals surface area contributed by atoms with E-state index in [-0.39, 0.29) is 72.1 Å². The van der Waals surface area contributed by atoms with Gasteiger partial charge in [-0.1, -0.05) is 77.0 Å². The van der Waals surface area contributed by atoms with Crippen LogP contribution in [0.25, 0.3) is 21.9 Å². The van der Waals surface area contributed by atoms with Crippen molar-refractivity contribution in [3.63, 3.8) is 0 Å². The van der Waals surface area contributed by atoms with E-state index < -0.39 is 125 Å². The number of amides is 1. The quantitative estimate of drug-likeness (QED) is 0.0562.